The average molecular weight is 281 g/mol. The smallest absolute Gasteiger partial charge is 0.184 e. The minimum Gasteiger partial charge on any atom is -0.355 e. The first-order valence-corrected chi connectivity index (χ1v) is 7.37. The van der Waals surface area contributed by atoms with Gasteiger partial charge in [-0.3, -0.25) is 4.79 Å². The topological polar surface area (TPSA) is 48.0 Å². The first kappa shape index (κ1) is 14.2. The zero-order valence-electron chi connectivity index (χ0n) is 12.4. The van der Waals surface area contributed by atoms with E-state index in [0.29, 0.717) is 13.0 Å². The fraction of sp³-hybridized carbons (Fsp3) is 0.800. The quantitative estimate of drug-likeness (QED) is 0.708. The van der Waals surface area contributed by atoms with Gasteiger partial charge in [0.1, 0.15) is 0 Å². The Bertz CT molecular complexity index is 434. The van der Waals surface area contributed by atoms with Crippen LogP contribution in [0, 0.1) is 11.8 Å². The third-order valence-corrected chi connectivity index (χ3v) is 5.08. The van der Waals surface area contributed by atoms with Crippen LogP contribution in [0.25, 0.3) is 0 Å². The van der Waals surface area contributed by atoms with Crippen LogP contribution in [0.3, 0.4) is 0 Å². The second kappa shape index (κ2) is 4.91. The van der Waals surface area contributed by atoms with E-state index in [1.54, 1.807) is 7.11 Å². The fourth-order valence-corrected chi connectivity index (χ4v) is 3.90. The molecule has 4 bridgehead atoms. The predicted molar refractivity (Wildman–Crippen MR) is 73.0 cm³/mol. The van der Waals surface area contributed by atoms with Crippen molar-refractivity contribution in [2.75, 3.05) is 26.7 Å². The van der Waals surface area contributed by atoms with E-state index in [-0.39, 0.29) is 23.9 Å². The molecule has 5 atom stereocenters. The molecule has 112 valence electrons. The minimum atomic E-state index is -0.776. The number of ether oxygens (including phenoxy) is 3. The van der Waals surface area contributed by atoms with Crippen molar-refractivity contribution in [2.24, 2.45) is 11.8 Å². The maximum atomic E-state index is 12.6. The molecule has 3 aliphatic heterocycles. The van der Waals surface area contributed by atoms with Crippen LogP contribution < -0.4 is 0 Å². The third-order valence-electron chi connectivity index (χ3n) is 5.08. The lowest BCUT2D eigenvalue weighted by molar-refractivity contribution is -0.359. The highest BCUT2D eigenvalue weighted by atomic mass is 16.8. The van der Waals surface area contributed by atoms with Crippen molar-refractivity contribution >= 4 is 5.78 Å². The number of hydrogen-bond donors (Lipinski definition) is 0. The molecular formula is C15H23NO4. The Hall–Kier alpha value is -0.750. The van der Waals surface area contributed by atoms with Crippen molar-refractivity contribution < 1.29 is 19.0 Å². The Kier molecular flexibility index (Phi) is 3.49. The van der Waals surface area contributed by atoms with Crippen LogP contribution in [-0.4, -0.2) is 55.6 Å². The van der Waals surface area contributed by atoms with Gasteiger partial charge < -0.3 is 19.1 Å². The van der Waals surface area contributed by atoms with Crippen molar-refractivity contribution in [3.05, 3.63) is 12.2 Å². The van der Waals surface area contributed by atoms with Crippen LogP contribution in [0.1, 0.15) is 20.3 Å². The van der Waals surface area contributed by atoms with E-state index in [4.69, 9.17) is 14.2 Å². The molecule has 3 saturated heterocycles. The molecule has 4 rings (SSSR count). The van der Waals surface area contributed by atoms with Gasteiger partial charge in [0, 0.05) is 26.0 Å². The van der Waals surface area contributed by atoms with Crippen LogP contribution in [0.5, 0.6) is 0 Å². The van der Waals surface area contributed by atoms with E-state index in [0.717, 1.165) is 18.7 Å². The van der Waals surface area contributed by atoms with E-state index in [9.17, 15) is 4.79 Å². The summed E-state index contributed by atoms with van der Waals surface area (Å²) in [4.78, 5) is 14.9. The Morgan fingerprint density at radius 2 is 2.15 bits per heavy atom. The van der Waals surface area contributed by atoms with Crippen LogP contribution in [0.4, 0.5) is 0 Å². The molecule has 4 aliphatic rings. The molecule has 0 aromatic carbocycles. The molecule has 20 heavy (non-hydrogen) atoms. The van der Waals surface area contributed by atoms with Gasteiger partial charge in [-0.15, -0.1) is 0 Å². The van der Waals surface area contributed by atoms with Gasteiger partial charge in [-0.1, -0.05) is 20.4 Å². The minimum absolute atomic E-state index is 0.0712. The second-order valence-electron chi connectivity index (χ2n) is 5.88. The van der Waals surface area contributed by atoms with Gasteiger partial charge in [-0.05, 0) is 18.7 Å². The van der Waals surface area contributed by atoms with E-state index >= 15 is 0 Å². The van der Waals surface area contributed by atoms with Gasteiger partial charge in [0.2, 0.25) is 0 Å². The Morgan fingerprint density at radius 3 is 2.75 bits per heavy atom. The van der Waals surface area contributed by atoms with Gasteiger partial charge in [0.15, 0.2) is 24.0 Å². The fourth-order valence-electron chi connectivity index (χ4n) is 3.90. The summed E-state index contributed by atoms with van der Waals surface area (Å²) in [5, 5.41) is 0. The summed E-state index contributed by atoms with van der Waals surface area (Å²) < 4.78 is 17.3. The number of ketones is 1. The summed E-state index contributed by atoms with van der Waals surface area (Å²) >= 11 is 0. The number of likely N-dealkylation sites (N-methyl/N-ethyl adjacent to an activating group) is 1. The van der Waals surface area contributed by atoms with Crippen molar-refractivity contribution in [2.45, 2.75) is 38.4 Å². The van der Waals surface area contributed by atoms with Crippen LogP contribution in [0.2, 0.25) is 0 Å². The largest absolute Gasteiger partial charge is 0.355 e. The van der Waals surface area contributed by atoms with Crippen molar-refractivity contribution in [1.29, 1.82) is 0 Å². The molecular weight excluding hydrogens is 258 g/mol. The van der Waals surface area contributed by atoms with E-state index in [1.165, 1.54) is 0 Å². The Morgan fingerprint density at radius 1 is 1.45 bits per heavy atom. The predicted octanol–water partition coefficient (Wildman–Crippen LogP) is 1.19. The number of fused-ring (bicyclic) bond motifs is 1. The SMILES string of the molecule is C=C1C2OC(OC)C3C1CC(=O)C3(CN(CC)CC)O2. The molecule has 4 fully saturated rings. The summed E-state index contributed by atoms with van der Waals surface area (Å²) in [6, 6.07) is 0. The number of methoxy groups -OCH3 is 1. The molecule has 0 spiro atoms. The van der Waals surface area contributed by atoms with Gasteiger partial charge in [0.05, 0.1) is 5.92 Å². The van der Waals surface area contributed by atoms with Crippen LogP contribution in [0.15, 0.2) is 12.2 Å². The number of rotatable bonds is 5. The molecule has 0 amide bonds. The van der Waals surface area contributed by atoms with E-state index in [2.05, 4.69) is 25.3 Å². The number of Topliss-reactive ketones (excluding diaryl/α,β-unsaturated/α-hetero) is 1. The highest BCUT2D eigenvalue weighted by Crippen LogP contribution is 2.56. The maximum Gasteiger partial charge on any atom is 0.184 e. The second-order valence-corrected chi connectivity index (χ2v) is 5.88. The highest BCUT2D eigenvalue weighted by Gasteiger charge is 2.68. The zero-order valence-corrected chi connectivity index (χ0v) is 12.4. The van der Waals surface area contributed by atoms with Crippen molar-refractivity contribution in [1.82, 2.24) is 4.90 Å². The number of hydrogen-bond acceptors (Lipinski definition) is 5. The molecule has 5 nitrogen and oxygen atoms in total. The highest BCUT2D eigenvalue weighted by molar-refractivity contribution is 5.92. The van der Waals surface area contributed by atoms with Crippen molar-refractivity contribution in [3.63, 3.8) is 0 Å². The van der Waals surface area contributed by atoms with Crippen molar-refractivity contribution in [3.8, 4) is 0 Å². The maximum absolute atomic E-state index is 12.6. The van der Waals surface area contributed by atoms with E-state index in [1.807, 2.05) is 0 Å². The van der Waals surface area contributed by atoms with Gasteiger partial charge in [-0.25, -0.2) is 0 Å². The van der Waals surface area contributed by atoms with Gasteiger partial charge >= 0.3 is 0 Å². The molecule has 0 aromatic rings. The lowest BCUT2D eigenvalue weighted by Gasteiger charge is -2.53. The molecule has 5 heteroatoms. The molecule has 5 unspecified atom stereocenters. The standard InChI is InChI=1S/C15H23NO4/c1-5-16(6-2)8-15-11(17)7-10-9(3)13(20-15)19-14(18-4)12(10)15/h10,12-14H,3,5-8H2,1-2,4H3. The van der Waals surface area contributed by atoms with Crippen LogP contribution in [-0.2, 0) is 19.0 Å². The lowest BCUT2D eigenvalue weighted by Crippen LogP contribution is -2.65. The molecule has 1 aliphatic carbocycles. The zero-order chi connectivity index (χ0) is 14.5. The summed E-state index contributed by atoms with van der Waals surface area (Å²) in [5.41, 5.74) is 0.117. The molecule has 0 radical (unpaired) electrons. The molecule has 0 N–H and O–H groups in total. The first-order chi connectivity index (χ1) is 9.57. The summed E-state index contributed by atoms with van der Waals surface area (Å²) in [6.07, 6.45) is -0.368. The molecule has 1 saturated carbocycles. The number of carbonyl (C=O) groups excluding carboxylic acids is 1. The number of nitrogens with zero attached hydrogens (tertiary/aromatic N) is 1. The average Bonchev–Trinajstić information content (AvgIpc) is 2.71. The number of carbonyl (C=O) groups is 1. The normalized spacial score (nSPS) is 42.8. The molecule has 0 aromatic heterocycles. The monoisotopic (exact) mass is 281 g/mol. The lowest BCUT2D eigenvalue weighted by atomic mass is 9.76. The van der Waals surface area contributed by atoms with Crippen LogP contribution >= 0.6 is 0 Å². The third kappa shape index (κ3) is 1.73. The van der Waals surface area contributed by atoms with E-state index < -0.39 is 11.9 Å². The summed E-state index contributed by atoms with van der Waals surface area (Å²) in [7, 11) is 1.63. The first-order valence-electron chi connectivity index (χ1n) is 7.37. The van der Waals surface area contributed by atoms with Gasteiger partial charge in [0.25, 0.3) is 0 Å². The molecule has 3 heterocycles. The summed E-state index contributed by atoms with van der Waals surface area (Å²) in [5.74, 6) is 0.238. The summed E-state index contributed by atoms with van der Waals surface area (Å²) in [6.45, 7) is 10.7. The Labute approximate surface area is 119 Å². The van der Waals surface area contributed by atoms with Gasteiger partial charge in [-0.2, -0.15) is 0 Å². The Balaban J connectivity index is 1.96.